The number of likely N-dealkylation sites (N-methyl/N-ethyl adjacent to an activating group) is 1. The van der Waals surface area contributed by atoms with Crippen LogP contribution in [0, 0.1) is 0 Å². The van der Waals surface area contributed by atoms with Gasteiger partial charge < -0.3 is 14.2 Å². The number of aromatic nitrogens is 2. The Morgan fingerprint density at radius 3 is 2.88 bits per heavy atom. The molecule has 0 spiro atoms. The van der Waals surface area contributed by atoms with Crippen LogP contribution in [0.3, 0.4) is 0 Å². The van der Waals surface area contributed by atoms with Gasteiger partial charge in [-0.05, 0) is 49.4 Å². The highest BCUT2D eigenvalue weighted by molar-refractivity contribution is 5.87. The molecule has 24 heavy (non-hydrogen) atoms. The number of hydrogen-bond donors (Lipinski definition) is 0. The van der Waals surface area contributed by atoms with Crippen molar-refractivity contribution in [2.75, 3.05) is 20.7 Å². The van der Waals surface area contributed by atoms with Gasteiger partial charge in [-0.25, -0.2) is 0 Å². The molecular weight excluding hydrogens is 298 g/mol. The van der Waals surface area contributed by atoms with Gasteiger partial charge in [0.05, 0.1) is 13.2 Å². The monoisotopic (exact) mass is 321 g/mol. The molecule has 1 unspecified atom stereocenters. The summed E-state index contributed by atoms with van der Waals surface area (Å²) in [6, 6.07) is 10.9. The molecular formula is C20H23N3O. The van der Waals surface area contributed by atoms with Crippen LogP contribution in [0.1, 0.15) is 29.8 Å². The number of ether oxygens (including phenoxy) is 1. The molecule has 0 aliphatic carbocycles. The minimum absolute atomic E-state index is 0.266. The highest BCUT2D eigenvalue weighted by Crippen LogP contribution is 2.36. The summed E-state index contributed by atoms with van der Waals surface area (Å²) in [6.45, 7) is 4.35. The summed E-state index contributed by atoms with van der Waals surface area (Å²) < 4.78 is 7.96. The molecule has 4 rings (SSSR count). The molecule has 0 saturated carbocycles. The molecule has 1 aliphatic rings. The Kier molecular flexibility index (Phi) is 3.77. The van der Waals surface area contributed by atoms with Crippen LogP contribution in [0.5, 0.6) is 5.75 Å². The fraction of sp³-hybridized carbons (Fsp3) is 0.350. The van der Waals surface area contributed by atoms with E-state index >= 15 is 0 Å². The van der Waals surface area contributed by atoms with Crippen molar-refractivity contribution in [3.05, 3.63) is 59.5 Å². The SMILES string of the molecule is COc1ccc2c(c1)c1c(n2C(C)c2cccnc2)CCN(C)C1. The van der Waals surface area contributed by atoms with Crippen LogP contribution in [0.4, 0.5) is 0 Å². The number of nitrogens with zero attached hydrogens (tertiary/aromatic N) is 3. The summed E-state index contributed by atoms with van der Waals surface area (Å²) in [7, 11) is 3.92. The molecule has 4 nitrogen and oxygen atoms in total. The maximum absolute atomic E-state index is 5.46. The number of methoxy groups -OCH3 is 1. The van der Waals surface area contributed by atoms with E-state index in [0.29, 0.717) is 0 Å². The molecule has 0 bridgehead atoms. The largest absolute Gasteiger partial charge is 0.497 e. The fourth-order valence-corrected chi connectivity index (χ4v) is 3.85. The maximum Gasteiger partial charge on any atom is 0.119 e. The standard InChI is InChI=1S/C20H23N3O/c1-14(15-5-4-9-21-12-15)23-19-7-6-16(24-3)11-17(19)18-13-22(2)10-8-20(18)23/h4-7,9,11-12,14H,8,10,13H2,1-3H3. The van der Waals surface area contributed by atoms with E-state index in [2.05, 4.69) is 52.7 Å². The topological polar surface area (TPSA) is 30.3 Å². The van der Waals surface area contributed by atoms with Crippen LogP contribution in [0.15, 0.2) is 42.7 Å². The number of pyridine rings is 1. The highest BCUT2D eigenvalue weighted by atomic mass is 16.5. The third kappa shape index (κ3) is 2.38. The minimum atomic E-state index is 0.266. The van der Waals surface area contributed by atoms with Crippen molar-refractivity contribution in [2.24, 2.45) is 0 Å². The first-order valence-corrected chi connectivity index (χ1v) is 8.47. The molecule has 0 saturated heterocycles. The second-order valence-corrected chi connectivity index (χ2v) is 6.63. The predicted molar refractivity (Wildman–Crippen MR) is 96.6 cm³/mol. The Morgan fingerprint density at radius 2 is 2.12 bits per heavy atom. The maximum atomic E-state index is 5.46. The van der Waals surface area contributed by atoms with Gasteiger partial charge in [0.25, 0.3) is 0 Å². The van der Waals surface area contributed by atoms with Crippen molar-refractivity contribution < 1.29 is 4.74 Å². The summed E-state index contributed by atoms with van der Waals surface area (Å²) in [4.78, 5) is 6.69. The molecule has 1 aromatic carbocycles. The van der Waals surface area contributed by atoms with Gasteiger partial charge >= 0.3 is 0 Å². The van der Waals surface area contributed by atoms with Crippen molar-refractivity contribution in [3.8, 4) is 5.75 Å². The summed E-state index contributed by atoms with van der Waals surface area (Å²) in [5, 5.41) is 1.31. The minimum Gasteiger partial charge on any atom is -0.497 e. The molecule has 1 aliphatic heterocycles. The molecule has 124 valence electrons. The van der Waals surface area contributed by atoms with Crippen molar-refractivity contribution in [1.82, 2.24) is 14.5 Å². The molecule has 3 aromatic rings. The number of benzene rings is 1. The Hall–Kier alpha value is -2.33. The van der Waals surface area contributed by atoms with E-state index < -0.39 is 0 Å². The fourth-order valence-electron chi connectivity index (χ4n) is 3.85. The Balaban J connectivity index is 1.95. The van der Waals surface area contributed by atoms with E-state index in [9.17, 15) is 0 Å². The van der Waals surface area contributed by atoms with Gasteiger partial charge in [0, 0.05) is 48.5 Å². The first-order chi connectivity index (χ1) is 11.7. The first-order valence-electron chi connectivity index (χ1n) is 8.47. The zero-order valence-corrected chi connectivity index (χ0v) is 14.5. The Bertz CT molecular complexity index is 869. The summed E-state index contributed by atoms with van der Waals surface area (Å²) in [5.74, 6) is 0.921. The van der Waals surface area contributed by atoms with Crippen LogP contribution in [0.2, 0.25) is 0 Å². The van der Waals surface area contributed by atoms with Gasteiger partial charge in [-0.3, -0.25) is 4.98 Å². The van der Waals surface area contributed by atoms with Gasteiger partial charge in [0.2, 0.25) is 0 Å². The average Bonchev–Trinajstić information content (AvgIpc) is 2.94. The van der Waals surface area contributed by atoms with Gasteiger partial charge in [0.1, 0.15) is 5.75 Å². The second kappa shape index (κ2) is 5.95. The normalized spacial score (nSPS) is 16.1. The average molecular weight is 321 g/mol. The zero-order valence-electron chi connectivity index (χ0n) is 14.5. The summed E-state index contributed by atoms with van der Waals surface area (Å²) in [6.07, 6.45) is 4.88. The van der Waals surface area contributed by atoms with Gasteiger partial charge in [-0.2, -0.15) is 0 Å². The van der Waals surface area contributed by atoms with Gasteiger partial charge in [-0.15, -0.1) is 0 Å². The smallest absolute Gasteiger partial charge is 0.119 e. The lowest BCUT2D eigenvalue weighted by atomic mass is 10.0. The molecule has 3 heterocycles. The van der Waals surface area contributed by atoms with E-state index in [1.807, 2.05) is 18.5 Å². The van der Waals surface area contributed by atoms with Crippen molar-refractivity contribution in [2.45, 2.75) is 25.9 Å². The molecule has 4 heteroatoms. The van der Waals surface area contributed by atoms with E-state index in [-0.39, 0.29) is 6.04 Å². The van der Waals surface area contributed by atoms with E-state index in [0.717, 1.165) is 25.3 Å². The predicted octanol–water partition coefficient (Wildman–Crippen LogP) is 3.64. The Labute approximate surface area is 142 Å². The lowest BCUT2D eigenvalue weighted by Gasteiger charge is -2.26. The van der Waals surface area contributed by atoms with Crippen LogP contribution in [0.25, 0.3) is 10.9 Å². The third-order valence-electron chi connectivity index (χ3n) is 5.14. The second-order valence-electron chi connectivity index (χ2n) is 6.63. The lowest BCUT2D eigenvalue weighted by molar-refractivity contribution is 0.308. The molecule has 0 amide bonds. The highest BCUT2D eigenvalue weighted by Gasteiger charge is 2.25. The summed E-state index contributed by atoms with van der Waals surface area (Å²) in [5.41, 5.74) is 5.42. The molecule has 1 atom stereocenters. The van der Waals surface area contributed by atoms with Crippen molar-refractivity contribution in [1.29, 1.82) is 0 Å². The van der Waals surface area contributed by atoms with Gasteiger partial charge in [-0.1, -0.05) is 6.07 Å². The van der Waals surface area contributed by atoms with Crippen molar-refractivity contribution in [3.63, 3.8) is 0 Å². The van der Waals surface area contributed by atoms with Crippen LogP contribution >= 0.6 is 0 Å². The van der Waals surface area contributed by atoms with Crippen LogP contribution < -0.4 is 4.74 Å². The van der Waals surface area contributed by atoms with Crippen LogP contribution in [-0.2, 0) is 13.0 Å². The van der Waals surface area contributed by atoms with Crippen LogP contribution in [-0.4, -0.2) is 35.2 Å². The lowest BCUT2D eigenvalue weighted by Crippen LogP contribution is -2.28. The first kappa shape index (κ1) is 15.2. The van der Waals surface area contributed by atoms with E-state index in [1.54, 1.807) is 7.11 Å². The molecule has 0 fully saturated rings. The van der Waals surface area contributed by atoms with E-state index in [1.165, 1.54) is 27.7 Å². The molecule has 0 radical (unpaired) electrons. The van der Waals surface area contributed by atoms with Crippen molar-refractivity contribution >= 4 is 10.9 Å². The zero-order chi connectivity index (χ0) is 16.7. The number of hydrogen-bond acceptors (Lipinski definition) is 3. The molecule has 2 aromatic heterocycles. The van der Waals surface area contributed by atoms with E-state index in [4.69, 9.17) is 4.74 Å². The Morgan fingerprint density at radius 1 is 1.25 bits per heavy atom. The number of rotatable bonds is 3. The third-order valence-corrected chi connectivity index (χ3v) is 5.14. The van der Waals surface area contributed by atoms with Gasteiger partial charge in [0.15, 0.2) is 0 Å². The summed E-state index contributed by atoms with van der Waals surface area (Å²) >= 11 is 0. The quantitative estimate of drug-likeness (QED) is 0.738. The number of fused-ring (bicyclic) bond motifs is 3. The molecule has 0 N–H and O–H groups in total.